The van der Waals surface area contributed by atoms with Crippen LogP contribution in [0.25, 0.3) is 11.5 Å². The van der Waals surface area contributed by atoms with Crippen molar-refractivity contribution in [1.82, 2.24) is 35.0 Å². The van der Waals surface area contributed by atoms with Crippen molar-refractivity contribution in [2.45, 2.75) is 0 Å². The Hall–Kier alpha value is -3.01. The zero-order valence-corrected chi connectivity index (χ0v) is 12.3. The maximum Gasteiger partial charge on any atom is 0.180 e. The van der Waals surface area contributed by atoms with E-state index in [0.717, 1.165) is 24.5 Å². The molecule has 0 amide bonds. The van der Waals surface area contributed by atoms with Crippen LogP contribution in [0.4, 0.5) is 11.4 Å². The fourth-order valence-electron chi connectivity index (χ4n) is 2.60. The minimum Gasteiger partial charge on any atom is -0.394 e. The molecule has 4 rings (SSSR count). The minimum absolute atomic E-state index is 0.463. The van der Waals surface area contributed by atoms with Gasteiger partial charge < -0.3 is 15.4 Å². The van der Waals surface area contributed by atoms with E-state index in [4.69, 9.17) is 10.5 Å². The van der Waals surface area contributed by atoms with Crippen molar-refractivity contribution in [3.05, 3.63) is 31.0 Å². The highest BCUT2D eigenvalue weighted by atomic mass is 16.5. The number of hydrogen-bond donors (Lipinski definition) is 1. The molecule has 3 aromatic rings. The van der Waals surface area contributed by atoms with Crippen LogP contribution >= 0.6 is 0 Å². The van der Waals surface area contributed by atoms with E-state index in [1.807, 2.05) is 0 Å². The Bertz CT molecular complexity index is 778. The number of pyridine rings is 1. The minimum atomic E-state index is 0.463. The molecule has 23 heavy (non-hydrogen) atoms. The van der Waals surface area contributed by atoms with E-state index >= 15 is 0 Å². The van der Waals surface area contributed by atoms with Gasteiger partial charge in [-0.15, -0.1) is 10.2 Å². The Morgan fingerprint density at radius 2 is 1.70 bits per heavy atom. The molecule has 2 N–H and O–H groups in total. The van der Waals surface area contributed by atoms with Crippen molar-refractivity contribution < 1.29 is 4.74 Å². The highest BCUT2D eigenvalue weighted by Crippen LogP contribution is 2.32. The Morgan fingerprint density at radius 1 is 1.00 bits per heavy atom. The van der Waals surface area contributed by atoms with Crippen molar-refractivity contribution in [3.8, 4) is 11.5 Å². The molecule has 0 bridgehead atoms. The largest absolute Gasteiger partial charge is 0.394 e. The van der Waals surface area contributed by atoms with Crippen LogP contribution in [0.2, 0.25) is 0 Å². The van der Waals surface area contributed by atoms with E-state index in [2.05, 4.69) is 30.5 Å². The summed E-state index contributed by atoms with van der Waals surface area (Å²) in [6.07, 6.45) is 8.40. The van der Waals surface area contributed by atoms with Gasteiger partial charge in [-0.3, -0.25) is 0 Å². The molecule has 10 nitrogen and oxygen atoms in total. The van der Waals surface area contributed by atoms with E-state index in [-0.39, 0.29) is 0 Å². The monoisotopic (exact) mass is 313 g/mol. The standard InChI is InChI=1S/C13H15N9O/c14-11-12(21-3-1-16-18-21)10(20-5-7-23-8-6-20)9-15-13(11)22-4-2-17-19-22/h1-4,9H,5-8,14H2. The number of ether oxygens (including phenoxy) is 1. The van der Waals surface area contributed by atoms with Crippen LogP contribution < -0.4 is 10.6 Å². The van der Waals surface area contributed by atoms with Crippen molar-refractivity contribution in [1.29, 1.82) is 0 Å². The summed E-state index contributed by atoms with van der Waals surface area (Å²) < 4.78 is 8.58. The number of nitrogens with zero attached hydrogens (tertiary/aromatic N) is 8. The average Bonchev–Trinajstić information content (AvgIpc) is 3.29. The molecule has 0 unspecified atom stereocenters. The van der Waals surface area contributed by atoms with Crippen LogP contribution in [-0.4, -0.2) is 61.3 Å². The average molecular weight is 313 g/mol. The van der Waals surface area contributed by atoms with Crippen molar-refractivity contribution >= 4 is 11.4 Å². The molecule has 1 saturated heterocycles. The number of aromatic nitrogens is 7. The van der Waals surface area contributed by atoms with E-state index in [9.17, 15) is 0 Å². The van der Waals surface area contributed by atoms with Gasteiger partial charge in [0.2, 0.25) is 0 Å². The SMILES string of the molecule is Nc1c(-n2ccnn2)ncc(N2CCOCC2)c1-n1ccnn1. The molecule has 4 heterocycles. The summed E-state index contributed by atoms with van der Waals surface area (Å²) in [5.74, 6) is 0.505. The lowest BCUT2D eigenvalue weighted by Crippen LogP contribution is -2.37. The summed E-state index contributed by atoms with van der Waals surface area (Å²) in [6, 6.07) is 0. The molecule has 0 aromatic carbocycles. The van der Waals surface area contributed by atoms with Crippen LogP contribution in [0.1, 0.15) is 0 Å². The Labute approximate surface area is 131 Å². The van der Waals surface area contributed by atoms with Gasteiger partial charge in [-0.25, -0.2) is 14.3 Å². The highest BCUT2D eigenvalue weighted by molar-refractivity contribution is 5.78. The van der Waals surface area contributed by atoms with Gasteiger partial charge in [0.05, 0.1) is 49.9 Å². The predicted molar refractivity (Wildman–Crippen MR) is 81.5 cm³/mol. The molecule has 1 aliphatic heterocycles. The molecular formula is C13H15N9O. The van der Waals surface area contributed by atoms with Crippen molar-refractivity contribution in [2.75, 3.05) is 36.9 Å². The fraction of sp³-hybridized carbons (Fsp3) is 0.308. The van der Waals surface area contributed by atoms with Crippen LogP contribution in [0.3, 0.4) is 0 Å². The fourth-order valence-corrected chi connectivity index (χ4v) is 2.60. The van der Waals surface area contributed by atoms with Gasteiger partial charge in [0.15, 0.2) is 5.82 Å². The molecule has 0 spiro atoms. The lowest BCUT2D eigenvalue weighted by atomic mass is 10.2. The second kappa shape index (κ2) is 5.65. The van der Waals surface area contributed by atoms with Crippen LogP contribution in [0, 0.1) is 0 Å². The third-order valence-corrected chi connectivity index (χ3v) is 3.69. The van der Waals surface area contributed by atoms with Crippen molar-refractivity contribution in [2.24, 2.45) is 0 Å². The quantitative estimate of drug-likeness (QED) is 0.699. The lowest BCUT2D eigenvalue weighted by molar-refractivity contribution is 0.122. The number of nitrogen functional groups attached to an aromatic ring is 1. The molecule has 1 fully saturated rings. The Kier molecular flexibility index (Phi) is 3.35. The first-order chi connectivity index (χ1) is 11.3. The first-order valence-corrected chi connectivity index (χ1v) is 7.19. The molecule has 0 saturated carbocycles. The zero-order valence-electron chi connectivity index (χ0n) is 12.3. The van der Waals surface area contributed by atoms with Gasteiger partial charge >= 0.3 is 0 Å². The molecule has 3 aromatic heterocycles. The van der Waals surface area contributed by atoms with E-state index in [0.29, 0.717) is 24.7 Å². The summed E-state index contributed by atoms with van der Waals surface area (Å²) in [5.41, 5.74) is 8.45. The van der Waals surface area contributed by atoms with E-state index < -0.39 is 0 Å². The normalized spacial score (nSPS) is 15.0. The van der Waals surface area contributed by atoms with Crippen LogP contribution in [0.5, 0.6) is 0 Å². The molecule has 0 atom stereocenters. The third kappa shape index (κ3) is 2.38. The Balaban J connectivity index is 1.88. The number of hydrogen-bond acceptors (Lipinski definition) is 8. The molecule has 10 heteroatoms. The molecule has 0 radical (unpaired) electrons. The summed E-state index contributed by atoms with van der Waals surface area (Å²) in [4.78, 5) is 6.63. The van der Waals surface area contributed by atoms with Gasteiger partial charge in [-0.2, -0.15) is 0 Å². The first-order valence-electron chi connectivity index (χ1n) is 7.19. The molecule has 0 aliphatic carbocycles. The maximum absolute atomic E-state index is 6.38. The van der Waals surface area contributed by atoms with Crippen LogP contribution in [-0.2, 0) is 4.74 Å². The molecule has 1 aliphatic rings. The van der Waals surface area contributed by atoms with Crippen molar-refractivity contribution in [3.63, 3.8) is 0 Å². The topological polar surface area (TPSA) is 113 Å². The summed E-state index contributed by atoms with van der Waals surface area (Å²) in [7, 11) is 0. The predicted octanol–water partition coefficient (Wildman–Crippen LogP) is -0.338. The van der Waals surface area contributed by atoms with Gasteiger partial charge in [0, 0.05) is 13.1 Å². The molecule has 118 valence electrons. The highest BCUT2D eigenvalue weighted by Gasteiger charge is 2.22. The summed E-state index contributed by atoms with van der Waals surface area (Å²) in [5, 5.41) is 15.7. The first kappa shape index (κ1) is 13.6. The summed E-state index contributed by atoms with van der Waals surface area (Å²) >= 11 is 0. The van der Waals surface area contributed by atoms with Gasteiger partial charge in [-0.05, 0) is 0 Å². The second-order valence-electron chi connectivity index (χ2n) is 5.02. The third-order valence-electron chi connectivity index (χ3n) is 3.69. The number of nitrogens with two attached hydrogens (primary N) is 1. The number of morpholine rings is 1. The smallest absolute Gasteiger partial charge is 0.180 e. The molecular weight excluding hydrogens is 298 g/mol. The summed E-state index contributed by atoms with van der Waals surface area (Å²) in [6.45, 7) is 2.88. The van der Waals surface area contributed by atoms with E-state index in [1.54, 1.807) is 35.7 Å². The number of rotatable bonds is 3. The number of anilines is 2. The maximum atomic E-state index is 6.38. The van der Waals surface area contributed by atoms with Gasteiger partial charge in [0.25, 0.3) is 0 Å². The van der Waals surface area contributed by atoms with Gasteiger partial charge in [0.1, 0.15) is 11.4 Å². The second-order valence-corrected chi connectivity index (χ2v) is 5.02. The Morgan fingerprint density at radius 3 is 2.35 bits per heavy atom. The van der Waals surface area contributed by atoms with Crippen LogP contribution in [0.15, 0.2) is 31.0 Å². The zero-order chi connectivity index (χ0) is 15.6. The lowest BCUT2D eigenvalue weighted by Gasteiger charge is -2.30. The van der Waals surface area contributed by atoms with Gasteiger partial charge in [-0.1, -0.05) is 10.4 Å². The van der Waals surface area contributed by atoms with E-state index in [1.165, 1.54) is 4.68 Å².